The number of hydrogen-bond donors (Lipinski definition) is 0. The van der Waals surface area contributed by atoms with E-state index in [0.717, 1.165) is 16.7 Å². The molecule has 0 bridgehead atoms. The Kier molecular flexibility index (Phi) is 4.36. The van der Waals surface area contributed by atoms with Gasteiger partial charge in [-0.15, -0.1) is 0 Å². The number of methoxy groups -OCH3 is 1. The number of nitrogens with zero attached hydrogens (tertiary/aromatic N) is 3. The lowest BCUT2D eigenvalue weighted by molar-refractivity contribution is 0.000135. The van der Waals surface area contributed by atoms with E-state index in [1.165, 1.54) is 0 Å². The monoisotopic (exact) mass is 333 g/mol. The fourth-order valence-corrected chi connectivity index (χ4v) is 2.61. The van der Waals surface area contributed by atoms with Crippen LogP contribution in [0.4, 0.5) is 4.79 Å². The summed E-state index contributed by atoms with van der Waals surface area (Å²) in [6.45, 7) is 6.99. The highest BCUT2D eigenvalue weighted by molar-refractivity contribution is 5.80. The molecule has 0 radical (unpaired) electrons. The SMILES string of the molecule is COCOc1ccc2cnn(C3CN(C(=O)OC(C)(C)C)C3)c2c1. The minimum Gasteiger partial charge on any atom is -0.467 e. The summed E-state index contributed by atoms with van der Waals surface area (Å²) in [6, 6.07) is 5.94. The molecule has 1 aromatic carbocycles. The van der Waals surface area contributed by atoms with Gasteiger partial charge in [0.1, 0.15) is 11.4 Å². The van der Waals surface area contributed by atoms with Crippen LogP contribution in [0.15, 0.2) is 24.4 Å². The van der Waals surface area contributed by atoms with Gasteiger partial charge < -0.3 is 19.1 Å². The van der Waals surface area contributed by atoms with Crippen molar-refractivity contribution in [2.24, 2.45) is 0 Å². The second-order valence-corrected chi connectivity index (χ2v) is 6.90. The molecule has 0 aliphatic carbocycles. The highest BCUT2D eigenvalue weighted by Crippen LogP contribution is 2.28. The van der Waals surface area contributed by atoms with Crippen LogP contribution < -0.4 is 4.74 Å². The second-order valence-electron chi connectivity index (χ2n) is 6.90. The van der Waals surface area contributed by atoms with E-state index < -0.39 is 5.60 Å². The molecule has 24 heavy (non-hydrogen) atoms. The summed E-state index contributed by atoms with van der Waals surface area (Å²) in [7, 11) is 1.59. The second kappa shape index (κ2) is 6.32. The standard InChI is InChI=1S/C17H23N3O4/c1-17(2,3)24-16(21)19-9-13(10-19)20-15-7-14(23-11-22-4)6-5-12(15)8-18-20/h5-8,13H,9-11H2,1-4H3. The predicted octanol–water partition coefficient (Wildman–Crippen LogP) is 2.81. The van der Waals surface area contributed by atoms with Crippen molar-refractivity contribution in [1.29, 1.82) is 0 Å². The van der Waals surface area contributed by atoms with Gasteiger partial charge in [0.15, 0.2) is 6.79 Å². The van der Waals surface area contributed by atoms with Crippen LogP contribution in [0.1, 0.15) is 26.8 Å². The maximum Gasteiger partial charge on any atom is 0.410 e. The van der Waals surface area contributed by atoms with Gasteiger partial charge in [0.25, 0.3) is 0 Å². The van der Waals surface area contributed by atoms with Crippen molar-refractivity contribution in [3.63, 3.8) is 0 Å². The molecule has 0 N–H and O–H groups in total. The molecule has 7 nitrogen and oxygen atoms in total. The number of carbonyl (C=O) groups excluding carboxylic acids is 1. The summed E-state index contributed by atoms with van der Waals surface area (Å²) < 4.78 is 17.7. The molecule has 2 aromatic rings. The lowest BCUT2D eigenvalue weighted by Gasteiger charge is -2.39. The summed E-state index contributed by atoms with van der Waals surface area (Å²) in [5, 5.41) is 5.50. The Morgan fingerprint density at radius 1 is 1.33 bits per heavy atom. The molecule has 0 atom stereocenters. The number of ether oxygens (including phenoxy) is 3. The van der Waals surface area contributed by atoms with Gasteiger partial charge in [-0.3, -0.25) is 4.68 Å². The zero-order valence-electron chi connectivity index (χ0n) is 14.5. The third-order valence-corrected chi connectivity index (χ3v) is 3.77. The van der Waals surface area contributed by atoms with E-state index in [0.29, 0.717) is 13.1 Å². The van der Waals surface area contributed by atoms with E-state index in [1.807, 2.05) is 49.8 Å². The van der Waals surface area contributed by atoms with Crippen LogP contribution in [0.2, 0.25) is 0 Å². The summed E-state index contributed by atoms with van der Waals surface area (Å²) in [5.41, 5.74) is 0.506. The van der Waals surface area contributed by atoms with Crippen molar-refractivity contribution in [3.05, 3.63) is 24.4 Å². The first-order valence-electron chi connectivity index (χ1n) is 7.94. The van der Waals surface area contributed by atoms with Gasteiger partial charge in [-0.1, -0.05) is 0 Å². The van der Waals surface area contributed by atoms with Crippen LogP contribution in [-0.2, 0) is 9.47 Å². The van der Waals surface area contributed by atoms with Crippen molar-refractivity contribution >= 4 is 17.0 Å². The number of fused-ring (bicyclic) bond motifs is 1. The molecular weight excluding hydrogens is 310 g/mol. The van der Waals surface area contributed by atoms with Crippen LogP contribution in [0, 0.1) is 0 Å². The van der Waals surface area contributed by atoms with Crippen LogP contribution in [0.5, 0.6) is 5.75 Å². The van der Waals surface area contributed by atoms with Crippen molar-refractivity contribution < 1.29 is 19.0 Å². The number of aromatic nitrogens is 2. The average molecular weight is 333 g/mol. The normalized spacial score (nSPS) is 15.4. The van der Waals surface area contributed by atoms with Crippen LogP contribution >= 0.6 is 0 Å². The summed E-state index contributed by atoms with van der Waals surface area (Å²) in [6.07, 6.45) is 1.55. The highest BCUT2D eigenvalue weighted by Gasteiger charge is 2.35. The number of amides is 1. The minimum atomic E-state index is -0.478. The molecule has 1 aromatic heterocycles. The number of benzene rings is 1. The Balaban J connectivity index is 1.69. The number of hydrogen-bond acceptors (Lipinski definition) is 5. The molecule has 1 amide bonds. The van der Waals surface area contributed by atoms with E-state index in [-0.39, 0.29) is 18.9 Å². The number of rotatable bonds is 4. The minimum absolute atomic E-state index is 0.146. The molecule has 130 valence electrons. The lowest BCUT2D eigenvalue weighted by Crippen LogP contribution is -2.52. The predicted molar refractivity (Wildman–Crippen MR) is 89.1 cm³/mol. The van der Waals surface area contributed by atoms with E-state index in [9.17, 15) is 4.79 Å². The smallest absolute Gasteiger partial charge is 0.410 e. The third-order valence-electron chi connectivity index (χ3n) is 3.77. The largest absolute Gasteiger partial charge is 0.467 e. The quantitative estimate of drug-likeness (QED) is 0.805. The zero-order valence-corrected chi connectivity index (χ0v) is 14.5. The first-order chi connectivity index (χ1) is 11.4. The molecule has 2 heterocycles. The fraction of sp³-hybridized carbons (Fsp3) is 0.529. The summed E-state index contributed by atoms with van der Waals surface area (Å²) in [5.74, 6) is 0.731. The third kappa shape index (κ3) is 3.46. The topological polar surface area (TPSA) is 65.8 Å². The van der Waals surface area contributed by atoms with Crippen molar-refractivity contribution in [2.45, 2.75) is 32.4 Å². The van der Waals surface area contributed by atoms with Crippen molar-refractivity contribution in [1.82, 2.24) is 14.7 Å². The van der Waals surface area contributed by atoms with E-state index >= 15 is 0 Å². The van der Waals surface area contributed by atoms with Crippen LogP contribution in [0.25, 0.3) is 10.9 Å². The number of likely N-dealkylation sites (tertiary alicyclic amines) is 1. The van der Waals surface area contributed by atoms with Crippen molar-refractivity contribution in [3.8, 4) is 5.75 Å². The lowest BCUT2D eigenvalue weighted by atomic mass is 10.1. The molecule has 7 heteroatoms. The first kappa shape index (κ1) is 16.6. The highest BCUT2D eigenvalue weighted by atomic mass is 16.7. The maximum atomic E-state index is 12.0. The summed E-state index contributed by atoms with van der Waals surface area (Å²) >= 11 is 0. The molecule has 0 spiro atoms. The van der Waals surface area contributed by atoms with Crippen molar-refractivity contribution in [2.75, 3.05) is 27.0 Å². The summed E-state index contributed by atoms with van der Waals surface area (Å²) in [4.78, 5) is 13.7. The maximum absolute atomic E-state index is 12.0. The van der Waals surface area contributed by atoms with Gasteiger partial charge in [-0.2, -0.15) is 5.10 Å². The first-order valence-corrected chi connectivity index (χ1v) is 7.94. The Labute approximate surface area is 141 Å². The van der Waals surface area contributed by atoms with Gasteiger partial charge in [0.05, 0.1) is 17.8 Å². The van der Waals surface area contributed by atoms with Gasteiger partial charge in [-0.05, 0) is 32.9 Å². The molecule has 0 unspecified atom stereocenters. The van der Waals surface area contributed by atoms with Gasteiger partial charge in [0, 0.05) is 31.7 Å². The molecule has 1 fully saturated rings. The Morgan fingerprint density at radius 3 is 2.75 bits per heavy atom. The van der Waals surface area contributed by atoms with E-state index in [1.54, 1.807) is 12.0 Å². The molecule has 1 saturated heterocycles. The zero-order chi connectivity index (χ0) is 17.3. The van der Waals surface area contributed by atoms with Gasteiger partial charge in [0.2, 0.25) is 0 Å². The van der Waals surface area contributed by atoms with Gasteiger partial charge in [-0.25, -0.2) is 4.79 Å². The Bertz CT molecular complexity index is 729. The molecule has 3 rings (SSSR count). The van der Waals surface area contributed by atoms with E-state index in [2.05, 4.69) is 5.10 Å². The molecule has 1 aliphatic heterocycles. The van der Waals surface area contributed by atoms with Crippen LogP contribution in [-0.4, -0.2) is 53.4 Å². The average Bonchev–Trinajstić information content (AvgIpc) is 2.85. The number of carbonyl (C=O) groups is 1. The Morgan fingerprint density at radius 2 is 2.08 bits per heavy atom. The fourth-order valence-electron chi connectivity index (χ4n) is 2.61. The molecule has 1 aliphatic rings. The molecule has 0 saturated carbocycles. The van der Waals surface area contributed by atoms with E-state index in [4.69, 9.17) is 14.2 Å². The Hall–Kier alpha value is -2.28. The molecular formula is C17H23N3O4. The van der Waals surface area contributed by atoms with Gasteiger partial charge >= 0.3 is 6.09 Å². The van der Waals surface area contributed by atoms with Crippen LogP contribution in [0.3, 0.4) is 0 Å².